The van der Waals surface area contributed by atoms with Gasteiger partial charge in [0.2, 0.25) is 0 Å². The van der Waals surface area contributed by atoms with Crippen LogP contribution in [0.1, 0.15) is 33.1 Å². The molecule has 2 N–H and O–H groups in total. The Bertz CT molecular complexity index is 332. The van der Waals surface area contributed by atoms with E-state index in [2.05, 4.69) is 12.2 Å². The van der Waals surface area contributed by atoms with Crippen LogP contribution in [0.5, 0.6) is 0 Å². The van der Waals surface area contributed by atoms with E-state index in [9.17, 15) is 9.90 Å². The number of carbonyl (C=O) groups is 1. The summed E-state index contributed by atoms with van der Waals surface area (Å²) >= 11 is 0. The van der Waals surface area contributed by atoms with Crippen molar-refractivity contribution in [2.45, 2.75) is 51.3 Å². The molecule has 3 atom stereocenters. The molecule has 2 saturated heterocycles. The third kappa shape index (κ3) is 4.83. The van der Waals surface area contributed by atoms with Crippen molar-refractivity contribution in [3.8, 4) is 0 Å². The summed E-state index contributed by atoms with van der Waals surface area (Å²) in [5.41, 5.74) is 0. The summed E-state index contributed by atoms with van der Waals surface area (Å²) in [5, 5.41) is 12.7. The molecule has 6 heteroatoms. The number of aliphatic hydroxyl groups excluding tert-OH is 1. The molecule has 6 nitrogen and oxygen atoms in total. The normalized spacial score (nSPS) is 27.2. The van der Waals surface area contributed by atoms with Crippen molar-refractivity contribution in [3.05, 3.63) is 0 Å². The van der Waals surface area contributed by atoms with Gasteiger partial charge in [-0.3, -0.25) is 0 Å². The van der Waals surface area contributed by atoms with Crippen LogP contribution in [0.25, 0.3) is 0 Å². The van der Waals surface area contributed by atoms with Crippen molar-refractivity contribution >= 4 is 6.03 Å². The number of nitrogens with one attached hydrogen (secondary N) is 1. The summed E-state index contributed by atoms with van der Waals surface area (Å²) in [5.74, 6) is 0.485. The lowest BCUT2D eigenvalue weighted by Crippen LogP contribution is -2.55. The molecule has 0 bridgehead atoms. The molecule has 2 aliphatic rings. The van der Waals surface area contributed by atoms with Gasteiger partial charge in [0, 0.05) is 25.8 Å². The molecule has 0 aromatic rings. The summed E-state index contributed by atoms with van der Waals surface area (Å²) < 4.78 is 10.8. The number of amides is 2. The van der Waals surface area contributed by atoms with Gasteiger partial charge in [0.25, 0.3) is 0 Å². The Labute approximate surface area is 126 Å². The second-order valence-electron chi connectivity index (χ2n) is 6.19. The van der Waals surface area contributed by atoms with E-state index in [1.165, 1.54) is 0 Å². The standard InChI is InChI=1S/C15H28N2O4/c1-11(18)9-14-10-21-8-5-17(14)15(19)16-12(2)13-3-6-20-7-4-13/h11-14,18H,3-10H2,1-2H3,(H,16,19). The molecular weight excluding hydrogens is 272 g/mol. The molecule has 0 spiro atoms. The van der Waals surface area contributed by atoms with Gasteiger partial charge in [0.05, 0.1) is 25.4 Å². The Morgan fingerprint density at radius 1 is 1.29 bits per heavy atom. The van der Waals surface area contributed by atoms with E-state index >= 15 is 0 Å². The highest BCUT2D eigenvalue weighted by Crippen LogP contribution is 2.19. The van der Waals surface area contributed by atoms with Crippen LogP contribution in [0.2, 0.25) is 0 Å². The van der Waals surface area contributed by atoms with Gasteiger partial charge in [0.15, 0.2) is 0 Å². The molecular formula is C15H28N2O4. The lowest BCUT2D eigenvalue weighted by Gasteiger charge is -2.38. The SMILES string of the molecule is CC(O)CC1COCCN1C(=O)NC(C)C1CCOCC1. The van der Waals surface area contributed by atoms with E-state index < -0.39 is 6.10 Å². The minimum Gasteiger partial charge on any atom is -0.393 e. The van der Waals surface area contributed by atoms with E-state index in [-0.39, 0.29) is 18.1 Å². The van der Waals surface area contributed by atoms with Gasteiger partial charge in [-0.05, 0) is 39.0 Å². The highest BCUT2D eigenvalue weighted by Gasteiger charge is 2.30. The summed E-state index contributed by atoms with van der Waals surface area (Å²) in [7, 11) is 0. The van der Waals surface area contributed by atoms with E-state index in [1.54, 1.807) is 6.92 Å². The van der Waals surface area contributed by atoms with Crippen molar-refractivity contribution in [3.63, 3.8) is 0 Å². The minimum atomic E-state index is -0.431. The number of urea groups is 1. The molecule has 0 aromatic heterocycles. The molecule has 0 aromatic carbocycles. The van der Waals surface area contributed by atoms with Crippen LogP contribution >= 0.6 is 0 Å². The first-order valence-corrected chi connectivity index (χ1v) is 7.98. The fraction of sp³-hybridized carbons (Fsp3) is 0.933. The number of hydrogen-bond donors (Lipinski definition) is 2. The Kier molecular flexibility index (Phi) is 6.26. The Morgan fingerprint density at radius 2 is 2.00 bits per heavy atom. The first-order valence-electron chi connectivity index (χ1n) is 7.98. The van der Waals surface area contributed by atoms with Gasteiger partial charge in [0.1, 0.15) is 0 Å². The summed E-state index contributed by atoms with van der Waals surface area (Å²) in [6.07, 6.45) is 2.13. The number of hydrogen-bond acceptors (Lipinski definition) is 4. The molecule has 2 heterocycles. The summed E-state index contributed by atoms with van der Waals surface area (Å²) in [6.45, 7) is 7.04. The van der Waals surface area contributed by atoms with E-state index in [1.807, 2.05) is 4.90 Å². The van der Waals surface area contributed by atoms with Crippen LogP contribution < -0.4 is 5.32 Å². The maximum absolute atomic E-state index is 12.5. The fourth-order valence-electron chi connectivity index (χ4n) is 3.12. The van der Waals surface area contributed by atoms with Crippen LogP contribution in [0, 0.1) is 5.92 Å². The number of ether oxygens (including phenoxy) is 2. The maximum Gasteiger partial charge on any atom is 0.318 e. The van der Waals surface area contributed by atoms with Crippen LogP contribution in [0.15, 0.2) is 0 Å². The van der Waals surface area contributed by atoms with Crippen LogP contribution in [0.3, 0.4) is 0 Å². The zero-order valence-corrected chi connectivity index (χ0v) is 13.1. The first-order chi connectivity index (χ1) is 10.1. The lowest BCUT2D eigenvalue weighted by atomic mass is 9.93. The third-order valence-corrected chi connectivity index (χ3v) is 4.43. The lowest BCUT2D eigenvalue weighted by molar-refractivity contribution is -0.00588. The highest BCUT2D eigenvalue weighted by molar-refractivity contribution is 5.75. The predicted octanol–water partition coefficient (Wildman–Crippen LogP) is 0.983. The molecule has 2 fully saturated rings. The second-order valence-corrected chi connectivity index (χ2v) is 6.19. The molecule has 122 valence electrons. The molecule has 21 heavy (non-hydrogen) atoms. The van der Waals surface area contributed by atoms with Crippen molar-refractivity contribution in [1.29, 1.82) is 0 Å². The van der Waals surface area contributed by atoms with Gasteiger partial charge in [-0.2, -0.15) is 0 Å². The second kappa shape index (κ2) is 7.96. The molecule has 2 aliphatic heterocycles. The molecule has 2 rings (SSSR count). The Hall–Kier alpha value is -0.850. The van der Waals surface area contributed by atoms with Crippen molar-refractivity contribution in [2.24, 2.45) is 5.92 Å². The third-order valence-electron chi connectivity index (χ3n) is 4.43. The topological polar surface area (TPSA) is 71.0 Å². The van der Waals surface area contributed by atoms with Crippen molar-refractivity contribution < 1.29 is 19.4 Å². The molecule has 3 unspecified atom stereocenters. The minimum absolute atomic E-state index is 0.0389. The van der Waals surface area contributed by atoms with Gasteiger partial charge >= 0.3 is 6.03 Å². The first kappa shape index (κ1) is 16.5. The molecule has 0 radical (unpaired) electrons. The maximum atomic E-state index is 12.5. The van der Waals surface area contributed by atoms with Gasteiger partial charge in [-0.1, -0.05) is 0 Å². The summed E-state index contributed by atoms with van der Waals surface area (Å²) in [4.78, 5) is 14.3. The fourth-order valence-corrected chi connectivity index (χ4v) is 3.12. The van der Waals surface area contributed by atoms with E-state index in [4.69, 9.17) is 9.47 Å². The van der Waals surface area contributed by atoms with Crippen LogP contribution in [-0.2, 0) is 9.47 Å². The Morgan fingerprint density at radius 3 is 2.67 bits per heavy atom. The monoisotopic (exact) mass is 300 g/mol. The average Bonchev–Trinajstić information content (AvgIpc) is 2.48. The zero-order valence-electron chi connectivity index (χ0n) is 13.1. The quantitative estimate of drug-likeness (QED) is 0.812. The Balaban J connectivity index is 1.87. The van der Waals surface area contributed by atoms with E-state index in [0.29, 0.717) is 32.1 Å². The number of rotatable bonds is 4. The van der Waals surface area contributed by atoms with Gasteiger partial charge < -0.3 is 24.8 Å². The predicted molar refractivity (Wildman–Crippen MR) is 79.1 cm³/mol. The van der Waals surface area contributed by atoms with Gasteiger partial charge in [-0.15, -0.1) is 0 Å². The zero-order chi connectivity index (χ0) is 15.2. The molecule has 0 aliphatic carbocycles. The number of nitrogens with zero attached hydrogens (tertiary/aromatic N) is 1. The largest absolute Gasteiger partial charge is 0.393 e. The highest BCUT2D eigenvalue weighted by atomic mass is 16.5. The van der Waals surface area contributed by atoms with Crippen LogP contribution in [-0.4, -0.2) is 67.2 Å². The average molecular weight is 300 g/mol. The number of carbonyl (C=O) groups excluding carboxylic acids is 1. The van der Waals surface area contributed by atoms with Crippen LogP contribution in [0.4, 0.5) is 4.79 Å². The molecule has 0 saturated carbocycles. The van der Waals surface area contributed by atoms with E-state index in [0.717, 1.165) is 26.1 Å². The van der Waals surface area contributed by atoms with Crippen molar-refractivity contribution in [1.82, 2.24) is 10.2 Å². The summed E-state index contributed by atoms with van der Waals surface area (Å²) in [6, 6.07) is 0.0695. The molecule has 2 amide bonds. The smallest absolute Gasteiger partial charge is 0.318 e. The number of morpholine rings is 1. The van der Waals surface area contributed by atoms with Gasteiger partial charge in [-0.25, -0.2) is 4.79 Å². The number of aliphatic hydroxyl groups is 1. The van der Waals surface area contributed by atoms with Crippen molar-refractivity contribution in [2.75, 3.05) is 33.0 Å².